The molecule has 0 fully saturated rings. The van der Waals surface area contributed by atoms with Gasteiger partial charge >= 0.3 is 5.97 Å². The standard InChI is InChI=1S/C32H41N3O4S/c1-5-7-8-9-13-20-34(25-16-18-26(19-17-25)40-31(23(3)4)32(38)39)30(37)22-35-28(6-2)33-27(21-29(35)36)24-14-11-10-12-15-24/h10-12,14-19,21,23,31H,5-9,13,20,22H2,1-4H3,(H,38,39). The molecule has 3 aromatic rings. The van der Waals surface area contributed by atoms with Gasteiger partial charge in [0.2, 0.25) is 5.91 Å². The van der Waals surface area contributed by atoms with Crippen molar-refractivity contribution in [1.29, 1.82) is 0 Å². The smallest absolute Gasteiger partial charge is 0.317 e. The van der Waals surface area contributed by atoms with Crippen LogP contribution in [0.3, 0.4) is 0 Å². The van der Waals surface area contributed by atoms with Gasteiger partial charge in [0.05, 0.1) is 5.69 Å². The van der Waals surface area contributed by atoms with E-state index in [4.69, 9.17) is 4.98 Å². The van der Waals surface area contributed by atoms with E-state index in [1.54, 1.807) is 4.90 Å². The maximum atomic E-state index is 13.7. The average Bonchev–Trinajstić information content (AvgIpc) is 2.95. The molecule has 3 rings (SSSR count). The monoisotopic (exact) mass is 563 g/mol. The minimum absolute atomic E-state index is 0.0173. The molecule has 0 bridgehead atoms. The predicted octanol–water partition coefficient (Wildman–Crippen LogP) is 6.68. The number of benzene rings is 2. The van der Waals surface area contributed by atoms with Crippen molar-refractivity contribution in [1.82, 2.24) is 9.55 Å². The Bertz CT molecular complexity index is 1310. The maximum Gasteiger partial charge on any atom is 0.317 e. The fourth-order valence-corrected chi connectivity index (χ4v) is 5.52. The number of carbonyl (C=O) groups is 2. The highest BCUT2D eigenvalue weighted by atomic mass is 32.2. The van der Waals surface area contributed by atoms with Gasteiger partial charge in [-0.25, -0.2) is 4.98 Å². The molecule has 0 radical (unpaired) electrons. The third-order valence-electron chi connectivity index (χ3n) is 6.81. The van der Waals surface area contributed by atoms with Crippen molar-refractivity contribution in [2.24, 2.45) is 5.92 Å². The summed E-state index contributed by atoms with van der Waals surface area (Å²) in [5.74, 6) is -0.455. The predicted molar refractivity (Wildman–Crippen MR) is 163 cm³/mol. The highest BCUT2D eigenvalue weighted by Crippen LogP contribution is 2.30. The molecule has 1 heterocycles. The minimum Gasteiger partial charge on any atom is -0.480 e. The summed E-state index contributed by atoms with van der Waals surface area (Å²) in [5, 5.41) is 9.01. The number of aryl methyl sites for hydroxylation is 1. The second-order valence-electron chi connectivity index (χ2n) is 10.3. The molecule has 1 atom stereocenters. The summed E-state index contributed by atoms with van der Waals surface area (Å²) in [6.45, 7) is 8.35. The van der Waals surface area contributed by atoms with Gasteiger partial charge in [0.1, 0.15) is 17.6 Å². The van der Waals surface area contributed by atoms with Crippen molar-refractivity contribution in [2.45, 2.75) is 82.9 Å². The van der Waals surface area contributed by atoms with Gasteiger partial charge in [-0.1, -0.05) is 83.7 Å². The number of hydrogen-bond acceptors (Lipinski definition) is 5. The third-order valence-corrected chi connectivity index (χ3v) is 8.36. The quantitative estimate of drug-likeness (QED) is 0.164. The molecule has 1 unspecified atom stereocenters. The fraction of sp³-hybridized carbons (Fsp3) is 0.438. The first kappa shape index (κ1) is 31.1. The molecule has 0 saturated carbocycles. The lowest BCUT2D eigenvalue weighted by atomic mass is 10.1. The first-order chi connectivity index (χ1) is 19.2. The Kier molecular flexibility index (Phi) is 12.0. The topological polar surface area (TPSA) is 92.5 Å². The van der Waals surface area contributed by atoms with E-state index in [1.807, 2.05) is 75.4 Å². The number of aliphatic carboxylic acids is 1. The number of anilines is 1. The number of carboxylic acid groups (broad SMARTS) is 1. The van der Waals surface area contributed by atoms with Crippen LogP contribution in [0.5, 0.6) is 0 Å². The zero-order valence-corrected chi connectivity index (χ0v) is 24.8. The second kappa shape index (κ2) is 15.4. The Hall–Kier alpha value is -3.39. The number of carbonyl (C=O) groups excluding carboxylic acids is 1. The molecule has 1 N–H and O–H groups in total. The number of aromatic nitrogens is 2. The number of rotatable bonds is 15. The molecule has 0 aliphatic carbocycles. The lowest BCUT2D eigenvalue weighted by molar-refractivity contribution is -0.137. The maximum absolute atomic E-state index is 13.7. The van der Waals surface area contributed by atoms with E-state index < -0.39 is 11.2 Å². The summed E-state index contributed by atoms with van der Waals surface area (Å²) >= 11 is 1.31. The minimum atomic E-state index is -0.836. The molecule has 0 saturated heterocycles. The lowest BCUT2D eigenvalue weighted by Crippen LogP contribution is -2.38. The van der Waals surface area contributed by atoms with Crippen LogP contribution in [0.4, 0.5) is 5.69 Å². The third kappa shape index (κ3) is 8.55. The van der Waals surface area contributed by atoms with E-state index in [1.165, 1.54) is 22.4 Å². The Morgan fingerprint density at radius 1 is 0.975 bits per heavy atom. The van der Waals surface area contributed by atoms with Crippen LogP contribution in [0, 0.1) is 5.92 Å². The first-order valence-corrected chi connectivity index (χ1v) is 15.1. The largest absolute Gasteiger partial charge is 0.480 e. The molecule has 8 heteroatoms. The van der Waals surface area contributed by atoms with Gasteiger partial charge in [0.15, 0.2) is 0 Å². The average molecular weight is 564 g/mol. The molecule has 0 aliphatic rings. The molecule has 7 nitrogen and oxygen atoms in total. The van der Waals surface area contributed by atoms with E-state index in [9.17, 15) is 19.5 Å². The molecule has 0 spiro atoms. The Balaban J connectivity index is 1.85. The lowest BCUT2D eigenvalue weighted by Gasteiger charge is -2.24. The number of amides is 1. The van der Waals surface area contributed by atoms with Crippen LogP contribution in [-0.4, -0.2) is 38.3 Å². The van der Waals surface area contributed by atoms with Gasteiger partial charge in [-0.05, 0) is 36.6 Å². The van der Waals surface area contributed by atoms with Crippen LogP contribution in [0.2, 0.25) is 0 Å². The zero-order chi connectivity index (χ0) is 29.1. The van der Waals surface area contributed by atoms with Crippen LogP contribution >= 0.6 is 11.8 Å². The SMILES string of the molecule is CCCCCCCN(C(=O)Cn1c(CC)nc(-c2ccccc2)cc1=O)c1ccc(SC(C(=O)O)C(C)C)cc1. The molecule has 1 aromatic heterocycles. The van der Waals surface area contributed by atoms with Crippen molar-refractivity contribution < 1.29 is 14.7 Å². The molecule has 40 heavy (non-hydrogen) atoms. The van der Waals surface area contributed by atoms with Crippen molar-refractivity contribution in [3.05, 3.63) is 76.8 Å². The Morgan fingerprint density at radius 2 is 1.65 bits per heavy atom. The van der Waals surface area contributed by atoms with Crippen LogP contribution < -0.4 is 10.5 Å². The molecular formula is C32H41N3O4S. The summed E-state index contributed by atoms with van der Waals surface area (Å²) in [6.07, 6.45) is 5.82. The summed E-state index contributed by atoms with van der Waals surface area (Å²) in [4.78, 5) is 45.8. The van der Waals surface area contributed by atoms with Crippen LogP contribution in [-0.2, 0) is 22.6 Å². The first-order valence-electron chi connectivity index (χ1n) is 14.2. The van der Waals surface area contributed by atoms with E-state index in [0.29, 0.717) is 24.5 Å². The van der Waals surface area contributed by atoms with Gasteiger partial charge in [-0.15, -0.1) is 11.8 Å². The molecule has 214 valence electrons. The number of nitrogens with zero attached hydrogens (tertiary/aromatic N) is 3. The molecular weight excluding hydrogens is 522 g/mol. The van der Waals surface area contributed by atoms with Gasteiger partial charge in [0.25, 0.3) is 5.56 Å². The number of hydrogen-bond donors (Lipinski definition) is 1. The van der Waals surface area contributed by atoms with Gasteiger partial charge in [-0.3, -0.25) is 19.0 Å². The van der Waals surface area contributed by atoms with E-state index >= 15 is 0 Å². The summed E-state index contributed by atoms with van der Waals surface area (Å²) in [7, 11) is 0. The zero-order valence-electron chi connectivity index (χ0n) is 24.0. The van der Waals surface area contributed by atoms with Gasteiger partial charge in [-0.2, -0.15) is 0 Å². The highest BCUT2D eigenvalue weighted by Gasteiger charge is 2.23. The fourth-order valence-electron chi connectivity index (χ4n) is 4.56. The van der Waals surface area contributed by atoms with Gasteiger partial charge < -0.3 is 10.0 Å². The van der Waals surface area contributed by atoms with Crippen LogP contribution in [0.25, 0.3) is 11.3 Å². The van der Waals surface area contributed by atoms with E-state index in [2.05, 4.69) is 6.92 Å². The summed E-state index contributed by atoms with van der Waals surface area (Å²) in [5.41, 5.74) is 1.96. The van der Waals surface area contributed by atoms with E-state index in [0.717, 1.165) is 48.3 Å². The summed E-state index contributed by atoms with van der Waals surface area (Å²) in [6, 6.07) is 18.5. The Labute approximate surface area is 241 Å². The molecule has 0 aliphatic heterocycles. The van der Waals surface area contributed by atoms with Crippen LogP contribution in [0.1, 0.15) is 65.6 Å². The number of thioether (sulfide) groups is 1. The highest BCUT2D eigenvalue weighted by molar-refractivity contribution is 8.00. The molecule has 1 amide bonds. The van der Waals surface area contributed by atoms with Crippen LogP contribution in [0.15, 0.2) is 70.4 Å². The number of unbranched alkanes of at least 4 members (excludes halogenated alkanes) is 4. The van der Waals surface area contributed by atoms with Crippen molar-refractivity contribution in [2.75, 3.05) is 11.4 Å². The number of carboxylic acids is 1. The van der Waals surface area contributed by atoms with Gasteiger partial charge in [0, 0.05) is 35.2 Å². The Morgan fingerprint density at radius 3 is 2.25 bits per heavy atom. The van der Waals surface area contributed by atoms with E-state index in [-0.39, 0.29) is 23.9 Å². The van der Waals surface area contributed by atoms with Crippen molar-refractivity contribution in [3.8, 4) is 11.3 Å². The van der Waals surface area contributed by atoms with Crippen molar-refractivity contribution in [3.63, 3.8) is 0 Å². The van der Waals surface area contributed by atoms with Crippen molar-refractivity contribution >= 4 is 29.3 Å². The summed E-state index contributed by atoms with van der Waals surface area (Å²) < 4.78 is 1.48. The second-order valence-corrected chi connectivity index (χ2v) is 11.5. The normalized spacial score (nSPS) is 11.9. The molecule has 2 aromatic carbocycles.